The maximum atomic E-state index is 5.93. The molecule has 96 valence electrons. The molecule has 1 atom stereocenters. The third-order valence-electron chi connectivity index (χ3n) is 3.38. The summed E-state index contributed by atoms with van der Waals surface area (Å²) in [5.41, 5.74) is 2.92. The third kappa shape index (κ3) is 2.01. The van der Waals surface area contributed by atoms with Gasteiger partial charge >= 0.3 is 0 Å². The topological polar surface area (TPSA) is 41.3 Å². The van der Waals surface area contributed by atoms with Gasteiger partial charge in [0, 0.05) is 30.1 Å². The molecule has 1 aliphatic heterocycles. The van der Waals surface area contributed by atoms with Crippen LogP contribution in [-0.2, 0) is 0 Å². The Bertz CT molecular complexity index is 581. The zero-order valence-electron chi connectivity index (χ0n) is 10.5. The van der Waals surface area contributed by atoms with Crippen molar-refractivity contribution < 1.29 is 4.42 Å². The fourth-order valence-electron chi connectivity index (χ4n) is 2.39. The average molecular weight is 310 g/mol. The fraction of sp³-hybridized carbons (Fsp3) is 0.462. The number of fused-ring (bicyclic) bond motifs is 1. The van der Waals surface area contributed by atoms with Crippen LogP contribution in [0.4, 0.5) is 6.01 Å². The van der Waals surface area contributed by atoms with Crippen LogP contribution in [0.3, 0.4) is 0 Å². The number of oxazole rings is 1. The zero-order valence-corrected chi connectivity index (χ0v) is 12.1. The molecular weight excluding hydrogens is 294 g/mol. The molecule has 3 rings (SSSR count). The summed E-state index contributed by atoms with van der Waals surface area (Å²) in [5, 5.41) is 3.37. The number of rotatable bonds is 1. The van der Waals surface area contributed by atoms with Crippen LogP contribution in [-0.4, -0.2) is 30.7 Å². The van der Waals surface area contributed by atoms with Crippen molar-refractivity contribution in [2.75, 3.05) is 24.5 Å². The molecule has 2 heterocycles. The van der Waals surface area contributed by atoms with E-state index in [1.807, 2.05) is 13.0 Å². The number of hydrogen-bond acceptors (Lipinski definition) is 4. The number of aryl methyl sites for hydroxylation is 1. The quantitative estimate of drug-likeness (QED) is 0.879. The fourth-order valence-corrected chi connectivity index (χ4v) is 2.95. The Morgan fingerprint density at radius 1 is 1.50 bits per heavy atom. The van der Waals surface area contributed by atoms with Crippen molar-refractivity contribution in [3.8, 4) is 0 Å². The summed E-state index contributed by atoms with van der Waals surface area (Å²) in [6, 6.07) is 5.21. The Balaban J connectivity index is 2.05. The van der Waals surface area contributed by atoms with Gasteiger partial charge in [0.15, 0.2) is 5.58 Å². The summed E-state index contributed by atoms with van der Waals surface area (Å²) < 4.78 is 6.97. The molecule has 1 saturated heterocycles. The lowest BCUT2D eigenvalue weighted by atomic mass is 10.2. The summed E-state index contributed by atoms with van der Waals surface area (Å²) in [4.78, 5) is 6.84. The zero-order chi connectivity index (χ0) is 12.7. The van der Waals surface area contributed by atoms with Crippen LogP contribution in [0.2, 0.25) is 0 Å². The predicted octanol–water partition coefficient (Wildman–Crippen LogP) is 2.70. The van der Waals surface area contributed by atoms with Gasteiger partial charge in [0.2, 0.25) is 0 Å². The maximum absolute atomic E-state index is 5.93. The molecular formula is C13H16BrN3O. The number of hydrogen-bond donors (Lipinski definition) is 1. The molecule has 0 amide bonds. The van der Waals surface area contributed by atoms with E-state index in [1.54, 1.807) is 0 Å². The van der Waals surface area contributed by atoms with E-state index in [0.29, 0.717) is 6.04 Å². The summed E-state index contributed by atoms with van der Waals surface area (Å²) >= 11 is 3.50. The summed E-state index contributed by atoms with van der Waals surface area (Å²) in [7, 11) is 0. The molecule has 0 spiro atoms. The molecule has 1 N–H and O–H groups in total. The highest BCUT2D eigenvalue weighted by Crippen LogP contribution is 2.28. The van der Waals surface area contributed by atoms with Crippen LogP contribution < -0.4 is 10.2 Å². The minimum absolute atomic E-state index is 0.413. The first-order chi connectivity index (χ1) is 8.65. The van der Waals surface area contributed by atoms with Crippen LogP contribution in [0, 0.1) is 6.92 Å². The molecule has 0 unspecified atom stereocenters. The van der Waals surface area contributed by atoms with E-state index in [-0.39, 0.29) is 0 Å². The molecule has 1 fully saturated rings. The smallest absolute Gasteiger partial charge is 0.298 e. The molecule has 1 aromatic heterocycles. The Morgan fingerprint density at radius 3 is 3.11 bits per heavy atom. The van der Waals surface area contributed by atoms with Gasteiger partial charge in [-0.15, -0.1) is 0 Å². The van der Waals surface area contributed by atoms with Gasteiger partial charge in [-0.1, -0.05) is 15.9 Å². The average Bonchev–Trinajstić information content (AvgIpc) is 2.73. The monoisotopic (exact) mass is 309 g/mol. The van der Waals surface area contributed by atoms with E-state index < -0.39 is 0 Å². The standard InChI is InChI=1S/C13H16BrN3O/c1-8-5-10(14)6-11-12(8)18-13(16-11)17-4-3-15-7-9(17)2/h5-6,9,15H,3-4,7H2,1-2H3/t9-/m0/s1. The van der Waals surface area contributed by atoms with E-state index in [2.05, 4.69) is 44.1 Å². The van der Waals surface area contributed by atoms with E-state index >= 15 is 0 Å². The van der Waals surface area contributed by atoms with E-state index in [0.717, 1.165) is 46.8 Å². The van der Waals surface area contributed by atoms with Crippen molar-refractivity contribution in [3.05, 3.63) is 22.2 Å². The van der Waals surface area contributed by atoms with Gasteiger partial charge in [0.25, 0.3) is 6.01 Å². The van der Waals surface area contributed by atoms with Crippen molar-refractivity contribution in [2.45, 2.75) is 19.9 Å². The van der Waals surface area contributed by atoms with Gasteiger partial charge < -0.3 is 14.6 Å². The molecule has 1 aromatic carbocycles. The first-order valence-corrected chi connectivity index (χ1v) is 6.98. The van der Waals surface area contributed by atoms with Gasteiger partial charge in [0.05, 0.1) is 0 Å². The van der Waals surface area contributed by atoms with Crippen LogP contribution >= 0.6 is 15.9 Å². The molecule has 0 bridgehead atoms. The highest BCUT2D eigenvalue weighted by Gasteiger charge is 2.23. The highest BCUT2D eigenvalue weighted by molar-refractivity contribution is 9.10. The molecule has 4 nitrogen and oxygen atoms in total. The van der Waals surface area contributed by atoms with Gasteiger partial charge in [0.1, 0.15) is 5.52 Å². The molecule has 1 aliphatic rings. The Labute approximate surface area is 114 Å². The maximum Gasteiger partial charge on any atom is 0.298 e. The second-order valence-corrected chi connectivity index (χ2v) is 5.73. The van der Waals surface area contributed by atoms with Crippen molar-refractivity contribution in [2.24, 2.45) is 0 Å². The number of halogens is 1. The Hall–Kier alpha value is -1.07. The largest absolute Gasteiger partial charge is 0.423 e. The Morgan fingerprint density at radius 2 is 2.33 bits per heavy atom. The van der Waals surface area contributed by atoms with E-state index in [9.17, 15) is 0 Å². The molecule has 0 aliphatic carbocycles. The minimum Gasteiger partial charge on any atom is -0.423 e. The van der Waals surface area contributed by atoms with Gasteiger partial charge in [-0.3, -0.25) is 0 Å². The summed E-state index contributed by atoms with van der Waals surface area (Å²) in [6.45, 7) is 7.12. The number of piperazine rings is 1. The SMILES string of the molecule is Cc1cc(Br)cc2nc(N3CCNC[C@@H]3C)oc12. The number of nitrogens with one attached hydrogen (secondary N) is 1. The second kappa shape index (κ2) is 4.55. The normalized spacial score (nSPS) is 20.6. The van der Waals surface area contributed by atoms with Crippen molar-refractivity contribution in [1.29, 1.82) is 0 Å². The molecule has 2 aromatic rings. The van der Waals surface area contributed by atoms with Crippen LogP contribution in [0.15, 0.2) is 21.0 Å². The molecule has 5 heteroatoms. The highest BCUT2D eigenvalue weighted by atomic mass is 79.9. The van der Waals surface area contributed by atoms with E-state index in [1.165, 1.54) is 0 Å². The second-order valence-electron chi connectivity index (χ2n) is 4.81. The van der Waals surface area contributed by atoms with Crippen molar-refractivity contribution in [1.82, 2.24) is 10.3 Å². The lowest BCUT2D eigenvalue weighted by Gasteiger charge is -2.32. The number of aromatic nitrogens is 1. The van der Waals surface area contributed by atoms with Crippen molar-refractivity contribution >= 4 is 33.0 Å². The van der Waals surface area contributed by atoms with Crippen molar-refractivity contribution in [3.63, 3.8) is 0 Å². The first-order valence-electron chi connectivity index (χ1n) is 6.19. The molecule has 0 radical (unpaired) electrons. The van der Waals surface area contributed by atoms with Crippen LogP contribution in [0.5, 0.6) is 0 Å². The summed E-state index contributed by atoms with van der Waals surface area (Å²) in [5.74, 6) is 0. The van der Waals surface area contributed by atoms with Crippen LogP contribution in [0.1, 0.15) is 12.5 Å². The Kier molecular flexibility index (Phi) is 3.03. The molecule has 0 saturated carbocycles. The number of benzene rings is 1. The van der Waals surface area contributed by atoms with Crippen LogP contribution in [0.25, 0.3) is 11.1 Å². The third-order valence-corrected chi connectivity index (χ3v) is 3.83. The minimum atomic E-state index is 0.413. The lowest BCUT2D eigenvalue weighted by molar-refractivity contribution is 0.456. The van der Waals surface area contributed by atoms with Gasteiger partial charge in [-0.25, -0.2) is 0 Å². The lowest BCUT2D eigenvalue weighted by Crippen LogP contribution is -2.50. The number of anilines is 1. The molecule has 18 heavy (non-hydrogen) atoms. The predicted molar refractivity (Wildman–Crippen MR) is 76.1 cm³/mol. The summed E-state index contributed by atoms with van der Waals surface area (Å²) in [6.07, 6.45) is 0. The number of nitrogens with zero attached hydrogens (tertiary/aromatic N) is 2. The first kappa shape index (κ1) is 12.0. The van der Waals surface area contributed by atoms with Gasteiger partial charge in [-0.05, 0) is 31.5 Å². The van der Waals surface area contributed by atoms with E-state index in [4.69, 9.17) is 4.42 Å². The van der Waals surface area contributed by atoms with Gasteiger partial charge in [-0.2, -0.15) is 4.98 Å².